The van der Waals surface area contributed by atoms with Gasteiger partial charge in [-0.15, -0.1) is 0 Å². The van der Waals surface area contributed by atoms with Crippen LogP contribution in [-0.2, 0) is 14.3 Å². The molecule has 0 unspecified atom stereocenters. The molecular weight excluding hydrogens is 488 g/mol. The van der Waals surface area contributed by atoms with Gasteiger partial charge >= 0.3 is 11.9 Å². The Balaban J connectivity index is 1.47. The lowest BCUT2D eigenvalue weighted by atomic mass is 9.32. The fourth-order valence-electron chi connectivity index (χ4n) is 11.9. The fourth-order valence-corrected chi connectivity index (χ4v) is 11.9. The minimum absolute atomic E-state index is 0.0384. The molecule has 218 valence electrons. The standard InChI is InChI=1S/C34H52O5/c1-21(2)22-12-17-34(20-39-28(38)11-10-27(36)37)19-18-32(6)23(29(22)34)8-9-25-31(5)15-14-26(35)30(3,4)24(31)13-16-33(25,32)7/h10-11,22-26,29,35H,1,8-9,12-20H2,2-7H3,(H,36,37)/t22-,23+,24-,25+,26-,29+,31-,32+,33+,34+/m0/s1. The molecule has 0 amide bonds. The van der Waals surface area contributed by atoms with Gasteiger partial charge in [0.25, 0.3) is 0 Å². The number of aliphatic hydroxyl groups excluding tert-OH is 1. The second-order valence-corrected chi connectivity index (χ2v) is 15.7. The number of allylic oxidation sites excluding steroid dienone is 1. The van der Waals surface area contributed by atoms with Gasteiger partial charge < -0.3 is 14.9 Å². The van der Waals surface area contributed by atoms with Crippen LogP contribution in [0.1, 0.15) is 106 Å². The third-order valence-corrected chi connectivity index (χ3v) is 14.1. The number of carboxylic acids is 1. The van der Waals surface area contributed by atoms with Crippen LogP contribution < -0.4 is 0 Å². The lowest BCUT2D eigenvalue weighted by Gasteiger charge is -2.73. The molecular formula is C34H52O5. The normalized spacial score (nSPS) is 48.4. The van der Waals surface area contributed by atoms with Crippen LogP contribution >= 0.6 is 0 Å². The molecule has 5 fully saturated rings. The lowest BCUT2D eigenvalue weighted by molar-refractivity contribution is -0.249. The van der Waals surface area contributed by atoms with Crippen molar-refractivity contribution in [2.45, 2.75) is 112 Å². The number of hydrogen-bond donors (Lipinski definition) is 2. The van der Waals surface area contributed by atoms with Crippen LogP contribution in [0.25, 0.3) is 0 Å². The van der Waals surface area contributed by atoms with Crippen molar-refractivity contribution in [1.82, 2.24) is 0 Å². The maximum Gasteiger partial charge on any atom is 0.331 e. The molecule has 5 aliphatic carbocycles. The van der Waals surface area contributed by atoms with E-state index in [2.05, 4.69) is 48.1 Å². The summed E-state index contributed by atoms with van der Waals surface area (Å²) >= 11 is 0. The molecule has 5 rings (SSSR count). The Morgan fingerprint density at radius 1 is 0.872 bits per heavy atom. The number of aliphatic hydroxyl groups is 1. The van der Waals surface area contributed by atoms with Crippen molar-refractivity contribution in [3.05, 3.63) is 24.3 Å². The second-order valence-electron chi connectivity index (χ2n) is 15.7. The predicted octanol–water partition coefficient (Wildman–Crippen LogP) is 7.19. The topological polar surface area (TPSA) is 83.8 Å². The number of ether oxygens (including phenoxy) is 1. The zero-order valence-electron chi connectivity index (χ0n) is 25.2. The summed E-state index contributed by atoms with van der Waals surface area (Å²) in [6.45, 7) is 19.4. The summed E-state index contributed by atoms with van der Waals surface area (Å²) in [5.74, 6) is 0.977. The number of aliphatic carboxylic acids is 1. The number of carbonyl (C=O) groups is 2. The van der Waals surface area contributed by atoms with E-state index in [0.717, 1.165) is 50.7 Å². The summed E-state index contributed by atoms with van der Waals surface area (Å²) in [7, 11) is 0. The predicted molar refractivity (Wildman–Crippen MR) is 153 cm³/mol. The fraction of sp³-hybridized carbons (Fsp3) is 0.824. The van der Waals surface area contributed by atoms with Crippen LogP contribution in [0.15, 0.2) is 24.3 Å². The van der Waals surface area contributed by atoms with Crippen LogP contribution in [0.2, 0.25) is 0 Å². The molecule has 0 heterocycles. The highest BCUT2D eigenvalue weighted by Gasteiger charge is 2.70. The molecule has 39 heavy (non-hydrogen) atoms. The summed E-state index contributed by atoms with van der Waals surface area (Å²) in [5, 5.41) is 19.9. The van der Waals surface area contributed by atoms with Crippen LogP contribution in [0.5, 0.6) is 0 Å². The van der Waals surface area contributed by atoms with E-state index in [4.69, 9.17) is 9.84 Å². The molecule has 0 radical (unpaired) electrons. The van der Waals surface area contributed by atoms with E-state index in [9.17, 15) is 14.7 Å². The summed E-state index contributed by atoms with van der Waals surface area (Å²) in [6.07, 6.45) is 13.0. The van der Waals surface area contributed by atoms with Crippen LogP contribution in [0.4, 0.5) is 0 Å². The van der Waals surface area contributed by atoms with Gasteiger partial charge in [-0.25, -0.2) is 9.59 Å². The smallest absolute Gasteiger partial charge is 0.331 e. The van der Waals surface area contributed by atoms with Gasteiger partial charge in [0.2, 0.25) is 0 Å². The van der Waals surface area contributed by atoms with Gasteiger partial charge in [0.15, 0.2) is 0 Å². The van der Waals surface area contributed by atoms with E-state index in [1.807, 2.05) is 0 Å². The lowest BCUT2D eigenvalue weighted by Crippen LogP contribution is -2.66. The van der Waals surface area contributed by atoms with Gasteiger partial charge in [-0.1, -0.05) is 46.8 Å². The Morgan fingerprint density at radius 3 is 2.26 bits per heavy atom. The van der Waals surface area contributed by atoms with Crippen molar-refractivity contribution in [3.63, 3.8) is 0 Å². The minimum atomic E-state index is -1.14. The molecule has 5 heteroatoms. The van der Waals surface area contributed by atoms with Crippen molar-refractivity contribution in [3.8, 4) is 0 Å². The van der Waals surface area contributed by atoms with Crippen molar-refractivity contribution >= 4 is 11.9 Å². The van der Waals surface area contributed by atoms with E-state index < -0.39 is 11.9 Å². The second kappa shape index (κ2) is 9.46. The Labute approximate surface area is 235 Å². The third kappa shape index (κ3) is 4.10. The third-order valence-electron chi connectivity index (χ3n) is 14.1. The largest absolute Gasteiger partial charge is 0.478 e. The van der Waals surface area contributed by atoms with Crippen molar-refractivity contribution in [2.75, 3.05) is 6.61 Å². The average molecular weight is 541 g/mol. The van der Waals surface area contributed by atoms with Crippen molar-refractivity contribution in [2.24, 2.45) is 56.7 Å². The molecule has 10 atom stereocenters. The monoisotopic (exact) mass is 540 g/mol. The van der Waals surface area contributed by atoms with Gasteiger partial charge in [-0.3, -0.25) is 0 Å². The first kappa shape index (κ1) is 28.9. The van der Waals surface area contributed by atoms with Gasteiger partial charge in [0.05, 0.1) is 12.7 Å². The van der Waals surface area contributed by atoms with E-state index in [1.54, 1.807) is 0 Å². The molecule has 0 aromatic heterocycles. The molecule has 5 nitrogen and oxygen atoms in total. The van der Waals surface area contributed by atoms with Gasteiger partial charge in [0, 0.05) is 17.6 Å². The van der Waals surface area contributed by atoms with Crippen LogP contribution in [-0.4, -0.2) is 34.9 Å². The first-order chi connectivity index (χ1) is 18.1. The average Bonchev–Trinajstić information content (AvgIpc) is 3.25. The number of fused-ring (bicyclic) bond motifs is 7. The highest BCUT2D eigenvalue weighted by molar-refractivity contribution is 5.90. The first-order valence-electron chi connectivity index (χ1n) is 15.5. The van der Waals surface area contributed by atoms with Crippen LogP contribution in [0.3, 0.4) is 0 Å². The van der Waals surface area contributed by atoms with Crippen molar-refractivity contribution < 1.29 is 24.5 Å². The molecule has 0 aromatic rings. The van der Waals surface area contributed by atoms with Gasteiger partial charge in [-0.2, -0.15) is 0 Å². The number of rotatable bonds is 5. The maximum atomic E-state index is 12.4. The number of carboxylic acid groups (broad SMARTS) is 1. The number of carbonyl (C=O) groups excluding carboxylic acids is 1. The minimum Gasteiger partial charge on any atom is -0.478 e. The Bertz CT molecular complexity index is 1060. The van der Waals surface area contributed by atoms with E-state index in [0.29, 0.717) is 36.2 Å². The molecule has 5 aliphatic rings. The zero-order chi connectivity index (χ0) is 28.6. The first-order valence-corrected chi connectivity index (χ1v) is 15.5. The van der Waals surface area contributed by atoms with E-state index in [-0.39, 0.29) is 33.2 Å². The summed E-state index contributed by atoms with van der Waals surface area (Å²) in [6, 6.07) is 0. The van der Waals surface area contributed by atoms with Gasteiger partial charge in [-0.05, 0) is 122 Å². The summed E-state index contributed by atoms with van der Waals surface area (Å²) in [5.41, 5.74) is 1.88. The molecule has 0 aliphatic heterocycles. The quantitative estimate of drug-likeness (QED) is 0.219. The molecule has 0 saturated heterocycles. The Morgan fingerprint density at radius 2 is 1.59 bits per heavy atom. The van der Waals surface area contributed by atoms with Crippen LogP contribution in [0, 0.1) is 56.7 Å². The Hall–Kier alpha value is -1.62. The van der Waals surface area contributed by atoms with E-state index >= 15 is 0 Å². The van der Waals surface area contributed by atoms with Crippen molar-refractivity contribution in [1.29, 1.82) is 0 Å². The maximum absolute atomic E-state index is 12.4. The SMILES string of the molecule is C=C(C)[C@@H]1CC[C@]2(COC(=O)C=CC(=O)O)CC[C@]3(C)[C@H](CC[C@@H]4[C@@]5(C)CC[C@H](O)C(C)(C)[C@@H]5CC[C@]43C)[C@@H]12. The zero-order valence-corrected chi connectivity index (χ0v) is 25.2. The molecule has 0 bridgehead atoms. The number of hydrogen-bond acceptors (Lipinski definition) is 4. The highest BCUT2D eigenvalue weighted by Crippen LogP contribution is 2.77. The molecule has 0 aromatic carbocycles. The molecule has 5 saturated carbocycles. The van der Waals surface area contributed by atoms with Gasteiger partial charge in [0.1, 0.15) is 0 Å². The summed E-state index contributed by atoms with van der Waals surface area (Å²) < 4.78 is 5.79. The van der Waals surface area contributed by atoms with E-state index in [1.165, 1.54) is 31.3 Å². The highest BCUT2D eigenvalue weighted by atomic mass is 16.5. The molecule has 2 N–H and O–H groups in total. The number of esters is 1. The summed E-state index contributed by atoms with van der Waals surface area (Å²) in [4.78, 5) is 23.3. The Kier molecular flexibility index (Phi) is 7.01. The molecule has 0 spiro atoms.